The number of benzene rings is 1. The maximum absolute atomic E-state index is 11.3. The lowest BCUT2D eigenvalue weighted by Crippen LogP contribution is -2.16. The summed E-state index contributed by atoms with van der Waals surface area (Å²) in [6.45, 7) is 3.03. The first kappa shape index (κ1) is 15.3. The van der Waals surface area contributed by atoms with Crippen molar-refractivity contribution in [3.8, 4) is 0 Å². The van der Waals surface area contributed by atoms with Gasteiger partial charge < -0.3 is 16.8 Å². The maximum atomic E-state index is 11.3. The van der Waals surface area contributed by atoms with E-state index in [2.05, 4.69) is 12.2 Å². The maximum Gasteiger partial charge on any atom is 0.250 e. The van der Waals surface area contributed by atoms with Crippen molar-refractivity contribution in [3.63, 3.8) is 0 Å². The highest BCUT2D eigenvalue weighted by atomic mass is 16.1. The number of amides is 1. The molecule has 0 saturated carbocycles. The van der Waals surface area contributed by atoms with Crippen LogP contribution in [0.25, 0.3) is 0 Å². The van der Waals surface area contributed by atoms with E-state index < -0.39 is 5.91 Å². The number of carbonyl (C=O) groups excluding carboxylic acids is 1. The Morgan fingerprint density at radius 3 is 2.53 bits per heavy atom. The molecule has 0 bridgehead atoms. The topological polar surface area (TPSA) is 81.1 Å². The monoisotopic (exact) mass is 263 g/mol. The van der Waals surface area contributed by atoms with E-state index in [-0.39, 0.29) is 0 Å². The van der Waals surface area contributed by atoms with E-state index in [0.717, 1.165) is 13.0 Å². The minimum absolute atomic E-state index is 0.447. The van der Waals surface area contributed by atoms with Gasteiger partial charge in [-0.1, -0.05) is 45.1 Å². The molecule has 0 saturated heterocycles. The van der Waals surface area contributed by atoms with Crippen LogP contribution in [0, 0.1) is 0 Å². The van der Waals surface area contributed by atoms with Gasteiger partial charge in [-0.3, -0.25) is 4.79 Å². The Bertz CT molecular complexity index is 404. The average molecular weight is 263 g/mol. The molecule has 0 aliphatic rings. The summed E-state index contributed by atoms with van der Waals surface area (Å²) in [6.07, 6.45) is 7.42. The molecule has 1 rings (SSSR count). The molecule has 106 valence electrons. The lowest BCUT2D eigenvalue weighted by atomic mass is 10.1. The van der Waals surface area contributed by atoms with Crippen molar-refractivity contribution >= 4 is 17.3 Å². The molecule has 0 heterocycles. The molecule has 1 amide bonds. The molecule has 4 nitrogen and oxygen atoms in total. The fourth-order valence-corrected chi connectivity index (χ4v) is 2.09. The van der Waals surface area contributed by atoms with E-state index >= 15 is 0 Å². The van der Waals surface area contributed by atoms with Gasteiger partial charge in [0, 0.05) is 6.54 Å². The zero-order valence-corrected chi connectivity index (χ0v) is 11.7. The summed E-state index contributed by atoms with van der Waals surface area (Å²) in [4.78, 5) is 11.3. The van der Waals surface area contributed by atoms with Crippen LogP contribution in [0.4, 0.5) is 11.4 Å². The SMILES string of the molecule is CCCCCCCCNc1c(N)cccc1C(N)=O. The minimum Gasteiger partial charge on any atom is -0.397 e. The zero-order valence-electron chi connectivity index (χ0n) is 11.7. The van der Waals surface area contributed by atoms with E-state index in [4.69, 9.17) is 11.5 Å². The molecule has 4 heteroatoms. The first-order valence-electron chi connectivity index (χ1n) is 7.09. The number of rotatable bonds is 9. The molecule has 0 aromatic heterocycles. The van der Waals surface area contributed by atoms with Crippen LogP contribution >= 0.6 is 0 Å². The Morgan fingerprint density at radius 1 is 1.16 bits per heavy atom. The molecule has 0 atom stereocenters. The highest BCUT2D eigenvalue weighted by Gasteiger charge is 2.09. The van der Waals surface area contributed by atoms with Gasteiger partial charge in [0.15, 0.2) is 0 Å². The second-order valence-corrected chi connectivity index (χ2v) is 4.83. The van der Waals surface area contributed by atoms with Crippen LogP contribution in [0.1, 0.15) is 55.8 Å². The largest absolute Gasteiger partial charge is 0.397 e. The third-order valence-corrected chi connectivity index (χ3v) is 3.19. The number of nitrogen functional groups attached to an aromatic ring is 1. The molecular weight excluding hydrogens is 238 g/mol. The van der Waals surface area contributed by atoms with Crippen LogP contribution in [0.3, 0.4) is 0 Å². The molecule has 5 N–H and O–H groups in total. The van der Waals surface area contributed by atoms with E-state index in [9.17, 15) is 4.79 Å². The molecule has 1 aromatic rings. The summed E-state index contributed by atoms with van der Waals surface area (Å²) < 4.78 is 0. The molecular formula is C15H25N3O. The number of para-hydroxylation sites is 1. The number of carbonyl (C=O) groups is 1. The summed E-state index contributed by atoms with van der Waals surface area (Å²) in [7, 11) is 0. The second-order valence-electron chi connectivity index (χ2n) is 4.83. The summed E-state index contributed by atoms with van der Waals surface area (Å²) >= 11 is 0. The van der Waals surface area contributed by atoms with Crippen LogP contribution in [-0.2, 0) is 0 Å². The Hall–Kier alpha value is -1.71. The third-order valence-electron chi connectivity index (χ3n) is 3.19. The summed E-state index contributed by atoms with van der Waals surface area (Å²) in [5.41, 5.74) is 12.9. The van der Waals surface area contributed by atoms with Gasteiger partial charge in [-0.05, 0) is 18.6 Å². The van der Waals surface area contributed by atoms with E-state index in [1.807, 2.05) is 0 Å². The van der Waals surface area contributed by atoms with E-state index in [0.29, 0.717) is 16.9 Å². The van der Waals surface area contributed by atoms with Crippen molar-refractivity contribution in [2.24, 2.45) is 5.73 Å². The van der Waals surface area contributed by atoms with Gasteiger partial charge in [-0.25, -0.2) is 0 Å². The number of primary amides is 1. The van der Waals surface area contributed by atoms with Crippen molar-refractivity contribution in [1.29, 1.82) is 0 Å². The third kappa shape index (κ3) is 5.20. The Morgan fingerprint density at radius 2 is 1.84 bits per heavy atom. The zero-order chi connectivity index (χ0) is 14.1. The van der Waals surface area contributed by atoms with Crippen LogP contribution < -0.4 is 16.8 Å². The fourth-order valence-electron chi connectivity index (χ4n) is 2.09. The van der Waals surface area contributed by atoms with Gasteiger partial charge in [0.05, 0.1) is 16.9 Å². The fraction of sp³-hybridized carbons (Fsp3) is 0.533. The van der Waals surface area contributed by atoms with Crippen molar-refractivity contribution in [2.75, 3.05) is 17.6 Å². The van der Waals surface area contributed by atoms with Gasteiger partial charge in [0.2, 0.25) is 0 Å². The standard InChI is InChI=1S/C15H25N3O/c1-2-3-4-5-6-7-11-18-14-12(15(17)19)9-8-10-13(14)16/h8-10,18H,2-7,11,16H2,1H3,(H2,17,19). The number of hydrogen-bond donors (Lipinski definition) is 3. The Labute approximate surface area is 115 Å². The number of anilines is 2. The predicted molar refractivity (Wildman–Crippen MR) is 81.2 cm³/mol. The lowest BCUT2D eigenvalue weighted by molar-refractivity contribution is 0.100. The highest BCUT2D eigenvalue weighted by Crippen LogP contribution is 2.23. The summed E-state index contributed by atoms with van der Waals surface area (Å²) in [6, 6.07) is 5.21. The quantitative estimate of drug-likeness (QED) is 0.473. The second kappa shape index (κ2) is 8.40. The van der Waals surface area contributed by atoms with E-state index in [1.165, 1.54) is 32.1 Å². The Kier molecular flexibility index (Phi) is 6.79. The van der Waals surface area contributed by atoms with Gasteiger partial charge in [-0.2, -0.15) is 0 Å². The van der Waals surface area contributed by atoms with Gasteiger partial charge in [0.25, 0.3) is 5.91 Å². The van der Waals surface area contributed by atoms with Gasteiger partial charge >= 0.3 is 0 Å². The number of hydrogen-bond acceptors (Lipinski definition) is 3. The summed E-state index contributed by atoms with van der Waals surface area (Å²) in [5, 5.41) is 3.23. The molecule has 0 aliphatic heterocycles. The smallest absolute Gasteiger partial charge is 0.250 e. The van der Waals surface area contributed by atoms with Crippen LogP contribution in [0.5, 0.6) is 0 Å². The predicted octanol–water partition coefficient (Wildman–Crippen LogP) is 3.14. The molecule has 0 fully saturated rings. The van der Waals surface area contributed by atoms with Crippen LogP contribution in [0.15, 0.2) is 18.2 Å². The highest BCUT2D eigenvalue weighted by molar-refractivity contribution is 6.01. The number of nitrogens with two attached hydrogens (primary N) is 2. The van der Waals surface area contributed by atoms with Crippen molar-refractivity contribution in [1.82, 2.24) is 0 Å². The van der Waals surface area contributed by atoms with Gasteiger partial charge in [-0.15, -0.1) is 0 Å². The van der Waals surface area contributed by atoms with Gasteiger partial charge in [0.1, 0.15) is 0 Å². The van der Waals surface area contributed by atoms with Crippen molar-refractivity contribution < 1.29 is 4.79 Å². The summed E-state index contributed by atoms with van der Waals surface area (Å²) in [5.74, 6) is -0.447. The average Bonchev–Trinajstić information content (AvgIpc) is 2.39. The molecule has 1 aromatic carbocycles. The molecule has 0 spiro atoms. The molecule has 19 heavy (non-hydrogen) atoms. The van der Waals surface area contributed by atoms with Crippen LogP contribution in [-0.4, -0.2) is 12.5 Å². The number of unbranched alkanes of at least 4 members (excludes halogenated alkanes) is 5. The lowest BCUT2D eigenvalue weighted by Gasteiger charge is -2.12. The Balaban J connectivity index is 2.38. The van der Waals surface area contributed by atoms with Crippen LogP contribution in [0.2, 0.25) is 0 Å². The van der Waals surface area contributed by atoms with E-state index in [1.54, 1.807) is 18.2 Å². The first-order valence-corrected chi connectivity index (χ1v) is 7.09. The normalized spacial score (nSPS) is 10.4. The molecule has 0 radical (unpaired) electrons. The van der Waals surface area contributed by atoms with Crippen molar-refractivity contribution in [3.05, 3.63) is 23.8 Å². The molecule has 0 aliphatic carbocycles. The minimum atomic E-state index is -0.447. The first-order chi connectivity index (χ1) is 9.16. The molecule has 0 unspecified atom stereocenters. The van der Waals surface area contributed by atoms with Crippen molar-refractivity contribution in [2.45, 2.75) is 45.4 Å². The number of nitrogens with one attached hydrogen (secondary N) is 1.